The fraction of sp³-hybridized carbons (Fsp3) is 0.462. The number of ether oxygens (including phenoxy) is 1. The molecule has 2 amide bonds. The summed E-state index contributed by atoms with van der Waals surface area (Å²) in [5.74, 6) is 0. The molecule has 2 aromatic heterocycles. The van der Waals surface area contributed by atoms with Crippen molar-refractivity contribution in [3.63, 3.8) is 0 Å². The number of aryl methyl sites for hydroxylation is 1. The second-order valence-corrected chi connectivity index (χ2v) is 5.82. The Bertz CT molecular complexity index is 618. The molecule has 112 valence electrons. The van der Waals surface area contributed by atoms with Crippen molar-refractivity contribution in [2.24, 2.45) is 0 Å². The van der Waals surface area contributed by atoms with Gasteiger partial charge in [-0.1, -0.05) is 0 Å². The number of anilines is 2. The number of nitrogens with zero attached hydrogens (tertiary/aromatic N) is 3. The van der Waals surface area contributed by atoms with Crippen molar-refractivity contribution in [2.45, 2.75) is 32.4 Å². The number of nitrogens with one attached hydrogen (secondary N) is 2. The summed E-state index contributed by atoms with van der Waals surface area (Å²) >= 11 is 1.39. The zero-order valence-corrected chi connectivity index (χ0v) is 12.5. The van der Waals surface area contributed by atoms with Crippen molar-refractivity contribution in [3.8, 4) is 0 Å². The van der Waals surface area contributed by atoms with Gasteiger partial charge in [-0.15, -0.1) is 11.3 Å². The lowest BCUT2D eigenvalue weighted by molar-refractivity contribution is 0.0940. The summed E-state index contributed by atoms with van der Waals surface area (Å²) in [7, 11) is 0. The summed E-state index contributed by atoms with van der Waals surface area (Å²) in [6, 6.07) is -0.319. The van der Waals surface area contributed by atoms with E-state index in [0.29, 0.717) is 10.8 Å². The molecule has 0 radical (unpaired) electrons. The summed E-state index contributed by atoms with van der Waals surface area (Å²) in [5, 5.41) is 12.1. The Morgan fingerprint density at radius 1 is 1.57 bits per heavy atom. The molecule has 1 atom stereocenters. The Morgan fingerprint density at radius 2 is 2.48 bits per heavy atom. The number of rotatable bonds is 4. The van der Waals surface area contributed by atoms with Gasteiger partial charge < -0.3 is 10.1 Å². The third-order valence-corrected chi connectivity index (χ3v) is 4.02. The molecule has 1 aliphatic heterocycles. The summed E-state index contributed by atoms with van der Waals surface area (Å²) in [4.78, 5) is 16.0. The van der Waals surface area contributed by atoms with Gasteiger partial charge in [-0.25, -0.2) is 9.78 Å². The molecule has 21 heavy (non-hydrogen) atoms. The maximum Gasteiger partial charge on any atom is 0.325 e. The average Bonchev–Trinajstić information content (AvgIpc) is 3.15. The fourth-order valence-corrected chi connectivity index (χ4v) is 2.88. The van der Waals surface area contributed by atoms with E-state index in [9.17, 15) is 4.79 Å². The predicted molar refractivity (Wildman–Crippen MR) is 80.7 cm³/mol. The van der Waals surface area contributed by atoms with Gasteiger partial charge in [0.05, 0.1) is 30.2 Å². The van der Waals surface area contributed by atoms with Crippen LogP contribution in [0.5, 0.6) is 0 Å². The molecular formula is C13H17N5O2S. The van der Waals surface area contributed by atoms with E-state index in [2.05, 4.69) is 20.7 Å². The van der Waals surface area contributed by atoms with Crippen LogP contribution in [-0.2, 0) is 11.3 Å². The highest BCUT2D eigenvalue weighted by Gasteiger charge is 2.16. The van der Waals surface area contributed by atoms with Crippen LogP contribution < -0.4 is 10.6 Å². The first-order valence-corrected chi connectivity index (χ1v) is 7.71. The number of carbonyl (C=O) groups excluding carboxylic acids is 1. The lowest BCUT2D eigenvalue weighted by Gasteiger charge is -2.08. The molecule has 2 aromatic rings. The van der Waals surface area contributed by atoms with E-state index in [1.165, 1.54) is 11.3 Å². The van der Waals surface area contributed by atoms with Crippen molar-refractivity contribution >= 4 is 28.2 Å². The number of amides is 2. The van der Waals surface area contributed by atoms with Crippen molar-refractivity contribution in [1.29, 1.82) is 0 Å². The van der Waals surface area contributed by atoms with Crippen LogP contribution in [0.1, 0.15) is 18.5 Å². The van der Waals surface area contributed by atoms with Gasteiger partial charge >= 0.3 is 6.03 Å². The number of urea groups is 1. The number of aromatic nitrogens is 3. The second kappa shape index (κ2) is 6.23. The maximum absolute atomic E-state index is 11.8. The SMILES string of the molecule is Cc1csc(NC(=O)Nc2cnn(CC3CCCO3)c2)n1. The molecule has 8 heteroatoms. The molecule has 7 nitrogen and oxygen atoms in total. The monoisotopic (exact) mass is 307 g/mol. The molecule has 3 rings (SSSR count). The number of thiazole rings is 1. The van der Waals surface area contributed by atoms with Crippen molar-refractivity contribution in [1.82, 2.24) is 14.8 Å². The highest BCUT2D eigenvalue weighted by atomic mass is 32.1. The Morgan fingerprint density at radius 3 is 3.19 bits per heavy atom. The minimum Gasteiger partial charge on any atom is -0.376 e. The van der Waals surface area contributed by atoms with Gasteiger partial charge in [0.25, 0.3) is 0 Å². The number of carbonyl (C=O) groups is 1. The van der Waals surface area contributed by atoms with E-state index in [0.717, 1.165) is 31.7 Å². The normalized spacial score (nSPS) is 17.9. The second-order valence-electron chi connectivity index (χ2n) is 4.96. The van der Waals surface area contributed by atoms with Crippen LogP contribution >= 0.6 is 11.3 Å². The zero-order chi connectivity index (χ0) is 14.7. The fourth-order valence-electron chi connectivity index (χ4n) is 2.20. The van der Waals surface area contributed by atoms with Crippen LogP contribution in [-0.4, -0.2) is 33.5 Å². The Balaban J connectivity index is 1.52. The molecule has 1 aliphatic rings. The van der Waals surface area contributed by atoms with Crippen LogP contribution in [0.3, 0.4) is 0 Å². The maximum atomic E-state index is 11.8. The molecule has 0 aromatic carbocycles. The van der Waals surface area contributed by atoms with Crippen LogP contribution in [0.25, 0.3) is 0 Å². The first-order valence-electron chi connectivity index (χ1n) is 6.83. The number of hydrogen-bond donors (Lipinski definition) is 2. The topological polar surface area (TPSA) is 81.1 Å². The number of hydrogen-bond acceptors (Lipinski definition) is 5. The highest BCUT2D eigenvalue weighted by molar-refractivity contribution is 7.13. The van der Waals surface area contributed by atoms with Gasteiger partial charge in [-0.3, -0.25) is 10.00 Å². The van der Waals surface area contributed by atoms with E-state index >= 15 is 0 Å². The van der Waals surface area contributed by atoms with Crippen molar-refractivity contribution in [3.05, 3.63) is 23.5 Å². The highest BCUT2D eigenvalue weighted by Crippen LogP contribution is 2.16. The van der Waals surface area contributed by atoms with Crippen LogP contribution in [0.15, 0.2) is 17.8 Å². The van der Waals surface area contributed by atoms with E-state index in [4.69, 9.17) is 4.74 Å². The Hall–Kier alpha value is -1.93. The smallest absolute Gasteiger partial charge is 0.325 e. The van der Waals surface area contributed by atoms with Gasteiger partial charge in [0.15, 0.2) is 5.13 Å². The molecule has 0 saturated carbocycles. The first-order chi connectivity index (χ1) is 10.2. The quantitative estimate of drug-likeness (QED) is 0.909. The molecule has 1 saturated heterocycles. The molecular weight excluding hydrogens is 290 g/mol. The molecule has 3 heterocycles. The standard InChI is InChI=1S/C13H17N5O2S/c1-9-8-21-13(15-9)17-12(19)16-10-5-14-18(6-10)7-11-3-2-4-20-11/h5-6,8,11H,2-4,7H2,1H3,(H2,15,16,17,19). The molecule has 0 bridgehead atoms. The minimum absolute atomic E-state index is 0.227. The lowest BCUT2D eigenvalue weighted by atomic mass is 10.2. The largest absolute Gasteiger partial charge is 0.376 e. The van der Waals surface area contributed by atoms with Crippen molar-refractivity contribution < 1.29 is 9.53 Å². The molecule has 0 aliphatic carbocycles. The van der Waals surface area contributed by atoms with Crippen LogP contribution in [0, 0.1) is 6.92 Å². The third kappa shape index (κ3) is 3.79. The third-order valence-electron chi connectivity index (χ3n) is 3.15. The Kier molecular flexibility index (Phi) is 4.16. The van der Waals surface area contributed by atoms with E-state index in [-0.39, 0.29) is 12.1 Å². The van der Waals surface area contributed by atoms with Gasteiger partial charge in [0.2, 0.25) is 0 Å². The molecule has 1 unspecified atom stereocenters. The van der Waals surface area contributed by atoms with E-state index in [1.54, 1.807) is 17.1 Å². The Labute approximate surface area is 126 Å². The van der Waals surface area contributed by atoms with Gasteiger partial charge in [-0.2, -0.15) is 5.10 Å². The van der Waals surface area contributed by atoms with Gasteiger partial charge in [0.1, 0.15) is 0 Å². The van der Waals surface area contributed by atoms with Crippen LogP contribution in [0.4, 0.5) is 15.6 Å². The zero-order valence-electron chi connectivity index (χ0n) is 11.7. The van der Waals surface area contributed by atoms with E-state index in [1.807, 2.05) is 12.3 Å². The molecule has 2 N–H and O–H groups in total. The summed E-state index contributed by atoms with van der Waals surface area (Å²) in [5.41, 5.74) is 1.54. The van der Waals surface area contributed by atoms with Crippen LogP contribution in [0.2, 0.25) is 0 Å². The average molecular weight is 307 g/mol. The van der Waals surface area contributed by atoms with E-state index < -0.39 is 0 Å². The van der Waals surface area contributed by atoms with Gasteiger partial charge in [-0.05, 0) is 19.8 Å². The summed E-state index contributed by atoms with van der Waals surface area (Å²) in [6.07, 6.45) is 5.82. The van der Waals surface area contributed by atoms with Crippen molar-refractivity contribution in [2.75, 3.05) is 17.2 Å². The molecule has 1 fully saturated rings. The van der Waals surface area contributed by atoms with Gasteiger partial charge in [0, 0.05) is 18.2 Å². The minimum atomic E-state index is -0.319. The summed E-state index contributed by atoms with van der Waals surface area (Å²) in [6.45, 7) is 3.43. The lowest BCUT2D eigenvalue weighted by Crippen LogP contribution is -2.19. The summed E-state index contributed by atoms with van der Waals surface area (Å²) < 4.78 is 7.35. The predicted octanol–water partition coefficient (Wildman–Crippen LogP) is 2.47. The molecule has 0 spiro atoms. The first kappa shape index (κ1) is 14.0.